The highest BCUT2D eigenvalue weighted by atomic mass is 16.5. The zero-order valence-electron chi connectivity index (χ0n) is 18.4. The van der Waals surface area contributed by atoms with E-state index in [-0.39, 0.29) is 5.91 Å². The Morgan fingerprint density at radius 2 is 1.94 bits per heavy atom. The van der Waals surface area contributed by atoms with Crippen LogP contribution in [-0.2, 0) is 33.0 Å². The van der Waals surface area contributed by atoms with E-state index in [1.807, 2.05) is 37.7 Å². The van der Waals surface area contributed by atoms with Crippen molar-refractivity contribution in [2.45, 2.75) is 46.2 Å². The quantitative estimate of drug-likeness (QED) is 0.517. The van der Waals surface area contributed by atoms with Gasteiger partial charge >= 0.3 is 0 Å². The second-order valence-electron chi connectivity index (χ2n) is 7.62. The fourth-order valence-electron chi connectivity index (χ4n) is 4.16. The van der Waals surface area contributed by atoms with Gasteiger partial charge in [-0.1, -0.05) is 0 Å². The molecule has 4 rings (SSSR count). The predicted molar refractivity (Wildman–Crippen MR) is 116 cm³/mol. The van der Waals surface area contributed by atoms with Crippen molar-refractivity contribution in [1.29, 1.82) is 0 Å². The van der Waals surface area contributed by atoms with Crippen molar-refractivity contribution < 1.29 is 18.7 Å². The maximum absolute atomic E-state index is 13.6. The molecule has 1 amide bonds. The highest BCUT2D eigenvalue weighted by Crippen LogP contribution is 2.30. The van der Waals surface area contributed by atoms with Gasteiger partial charge < -0.3 is 18.8 Å². The summed E-state index contributed by atoms with van der Waals surface area (Å²) in [5.41, 5.74) is 4.07. The fraction of sp³-hybridized carbons (Fsp3) is 0.417. The van der Waals surface area contributed by atoms with Gasteiger partial charge in [0.15, 0.2) is 11.5 Å². The van der Waals surface area contributed by atoms with Crippen LogP contribution in [-0.4, -0.2) is 33.8 Å². The molecular formula is C24H29N3O4. The van der Waals surface area contributed by atoms with Crippen molar-refractivity contribution >= 4 is 5.91 Å². The normalized spacial score (nSPS) is 12.6. The second-order valence-corrected chi connectivity index (χ2v) is 7.62. The van der Waals surface area contributed by atoms with E-state index in [2.05, 4.69) is 0 Å². The van der Waals surface area contributed by atoms with Crippen molar-refractivity contribution in [3.05, 3.63) is 64.9 Å². The number of carbonyl (C=O) groups excluding carboxylic acids is 1. The zero-order valence-corrected chi connectivity index (χ0v) is 18.4. The van der Waals surface area contributed by atoms with Crippen LogP contribution < -0.4 is 9.47 Å². The number of rotatable bonds is 9. The number of amides is 1. The number of hydrogen-bond donors (Lipinski definition) is 0. The van der Waals surface area contributed by atoms with E-state index >= 15 is 0 Å². The lowest BCUT2D eigenvalue weighted by molar-refractivity contribution is 0.0714. The molecule has 0 saturated carbocycles. The third-order valence-corrected chi connectivity index (χ3v) is 5.54. The molecule has 1 aliphatic rings. The first-order valence-electron chi connectivity index (χ1n) is 10.9. The summed E-state index contributed by atoms with van der Waals surface area (Å²) in [4.78, 5) is 15.3. The van der Waals surface area contributed by atoms with Gasteiger partial charge in [0.1, 0.15) is 5.76 Å². The van der Waals surface area contributed by atoms with Gasteiger partial charge in [0.2, 0.25) is 0 Å². The van der Waals surface area contributed by atoms with E-state index in [1.165, 1.54) is 11.3 Å². The van der Waals surface area contributed by atoms with E-state index in [0.717, 1.165) is 30.7 Å². The van der Waals surface area contributed by atoms with E-state index in [4.69, 9.17) is 19.0 Å². The summed E-state index contributed by atoms with van der Waals surface area (Å²) in [5, 5.41) is 4.71. The Kier molecular flexibility index (Phi) is 6.30. The van der Waals surface area contributed by atoms with Crippen LogP contribution in [0.2, 0.25) is 0 Å². The minimum atomic E-state index is -0.0993. The summed E-state index contributed by atoms with van der Waals surface area (Å²) in [7, 11) is 1.98. The SMILES string of the molecule is CCOc1ccc(C(=O)N(Cc2ccco2)Cc2nn(C)c3c2CCC3)cc1OCC. The van der Waals surface area contributed by atoms with Crippen molar-refractivity contribution in [2.24, 2.45) is 7.05 Å². The van der Waals surface area contributed by atoms with E-state index < -0.39 is 0 Å². The van der Waals surface area contributed by atoms with Gasteiger partial charge in [-0.05, 0) is 69.0 Å². The molecule has 2 aromatic heterocycles. The summed E-state index contributed by atoms with van der Waals surface area (Å²) in [6.07, 6.45) is 4.82. The number of fused-ring (bicyclic) bond motifs is 1. The minimum absolute atomic E-state index is 0.0993. The zero-order chi connectivity index (χ0) is 21.8. The van der Waals surface area contributed by atoms with E-state index in [9.17, 15) is 4.79 Å². The average molecular weight is 424 g/mol. The lowest BCUT2D eigenvalue weighted by Crippen LogP contribution is -2.30. The van der Waals surface area contributed by atoms with Gasteiger partial charge in [-0.15, -0.1) is 0 Å². The summed E-state index contributed by atoms with van der Waals surface area (Å²) >= 11 is 0. The molecule has 1 aromatic carbocycles. The van der Waals surface area contributed by atoms with Gasteiger partial charge in [-0.2, -0.15) is 5.10 Å². The van der Waals surface area contributed by atoms with Crippen molar-refractivity contribution in [1.82, 2.24) is 14.7 Å². The molecule has 0 unspecified atom stereocenters. The number of benzene rings is 1. The van der Waals surface area contributed by atoms with Gasteiger partial charge in [0.25, 0.3) is 5.91 Å². The molecule has 3 aromatic rings. The van der Waals surface area contributed by atoms with Crippen LogP contribution in [0.5, 0.6) is 11.5 Å². The van der Waals surface area contributed by atoms with Gasteiger partial charge in [0, 0.05) is 18.3 Å². The summed E-state index contributed by atoms with van der Waals surface area (Å²) < 4.78 is 18.8. The standard InChI is InChI=1S/C24H29N3O4/c1-4-29-22-12-11-17(14-23(22)30-5-2)24(28)27(15-18-8-7-13-31-18)16-20-19-9-6-10-21(19)26(3)25-20/h7-8,11-14H,4-6,9-10,15-16H2,1-3H3. The first-order chi connectivity index (χ1) is 15.1. The Balaban J connectivity index is 1.64. The highest BCUT2D eigenvalue weighted by molar-refractivity contribution is 5.94. The molecule has 0 bridgehead atoms. The number of nitrogens with zero attached hydrogens (tertiary/aromatic N) is 3. The number of aryl methyl sites for hydroxylation is 1. The number of aromatic nitrogens is 2. The fourth-order valence-corrected chi connectivity index (χ4v) is 4.16. The van der Waals surface area contributed by atoms with Crippen LogP contribution in [0.15, 0.2) is 41.0 Å². The summed E-state index contributed by atoms with van der Waals surface area (Å²) in [6, 6.07) is 9.06. The van der Waals surface area contributed by atoms with Crippen molar-refractivity contribution in [3.8, 4) is 11.5 Å². The molecule has 0 radical (unpaired) electrons. The molecule has 0 saturated heterocycles. The first-order valence-corrected chi connectivity index (χ1v) is 10.9. The van der Waals surface area contributed by atoms with Crippen LogP contribution in [0.1, 0.15) is 53.3 Å². The largest absolute Gasteiger partial charge is 0.490 e. The second kappa shape index (κ2) is 9.29. The molecule has 0 atom stereocenters. The molecule has 7 heteroatoms. The average Bonchev–Trinajstić information content (AvgIpc) is 3.50. The third-order valence-electron chi connectivity index (χ3n) is 5.54. The predicted octanol–water partition coefficient (Wildman–Crippen LogP) is 4.14. The molecule has 0 spiro atoms. The Morgan fingerprint density at radius 3 is 2.68 bits per heavy atom. The number of furan rings is 1. The van der Waals surface area contributed by atoms with Gasteiger partial charge in [0.05, 0.1) is 38.3 Å². The van der Waals surface area contributed by atoms with Crippen LogP contribution in [0.4, 0.5) is 0 Å². The Bertz CT molecular complexity index is 1040. The lowest BCUT2D eigenvalue weighted by atomic mass is 10.1. The molecule has 1 aliphatic carbocycles. The molecule has 164 valence electrons. The molecule has 0 fully saturated rings. The molecule has 7 nitrogen and oxygen atoms in total. The molecule has 0 aliphatic heterocycles. The monoisotopic (exact) mass is 423 g/mol. The maximum atomic E-state index is 13.6. The summed E-state index contributed by atoms with van der Waals surface area (Å²) in [6.45, 7) is 5.66. The number of hydrogen-bond acceptors (Lipinski definition) is 5. The van der Waals surface area contributed by atoms with Gasteiger partial charge in [-0.25, -0.2) is 0 Å². The highest BCUT2D eigenvalue weighted by Gasteiger charge is 2.26. The van der Waals surface area contributed by atoms with Gasteiger partial charge in [-0.3, -0.25) is 9.48 Å². The smallest absolute Gasteiger partial charge is 0.254 e. The maximum Gasteiger partial charge on any atom is 0.254 e. The van der Waals surface area contributed by atoms with Crippen LogP contribution in [0, 0.1) is 0 Å². The molecular weight excluding hydrogens is 394 g/mol. The van der Waals surface area contributed by atoms with Crippen molar-refractivity contribution in [2.75, 3.05) is 13.2 Å². The Morgan fingerprint density at radius 1 is 1.13 bits per heavy atom. The van der Waals surface area contributed by atoms with Crippen LogP contribution >= 0.6 is 0 Å². The van der Waals surface area contributed by atoms with Crippen LogP contribution in [0.25, 0.3) is 0 Å². The molecule has 31 heavy (non-hydrogen) atoms. The summed E-state index contributed by atoms with van der Waals surface area (Å²) in [5.74, 6) is 1.85. The van der Waals surface area contributed by atoms with Crippen molar-refractivity contribution in [3.63, 3.8) is 0 Å². The molecule has 0 N–H and O–H groups in total. The Labute approximate surface area is 182 Å². The van der Waals surface area contributed by atoms with E-state index in [0.29, 0.717) is 43.4 Å². The van der Waals surface area contributed by atoms with E-state index in [1.54, 1.807) is 29.4 Å². The first kappa shape index (κ1) is 21.0. The molecule has 2 heterocycles. The number of carbonyl (C=O) groups is 1. The lowest BCUT2D eigenvalue weighted by Gasteiger charge is -2.22. The minimum Gasteiger partial charge on any atom is -0.490 e. The van der Waals surface area contributed by atoms with Crippen LogP contribution in [0.3, 0.4) is 0 Å². The number of ether oxygens (including phenoxy) is 2. The Hall–Kier alpha value is -3.22. The third kappa shape index (κ3) is 4.45. The topological polar surface area (TPSA) is 69.7 Å².